The van der Waals surface area contributed by atoms with Gasteiger partial charge in [-0.25, -0.2) is 4.79 Å². The van der Waals surface area contributed by atoms with Gasteiger partial charge in [0.2, 0.25) is 5.91 Å². The summed E-state index contributed by atoms with van der Waals surface area (Å²) in [5, 5.41) is 26.9. The number of hydrogen-bond acceptors (Lipinski definition) is 5. The van der Waals surface area contributed by atoms with Gasteiger partial charge in [-0.1, -0.05) is 30.7 Å². The van der Waals surface area contributed by atoms with Gasteiger partial charge >= 0.3 is 11.8 Å². The first kappa shape index (κ1) is 18.4. The molecule has 0 aliphatic heterocycles. The van der Waals surface area contributed by atoms with E-state index >= 15 is 0 Å². The average Bonchev–Trinajstić information content (AvgIpc) is 3.02. The molecule has 1 amide bonds. The number of carboxylic acids is 1. The average molecular weight is 367 g/mol. The fraction of sp³-hybridized carbons (Fsp3) is 0.267. The van der Waals surface area contributed by atoms with Crippen LogP contribution >= 0.6 is 11.6 Å². The molecule has 132 valence electrons. The van der Waals surface area contributed by atoms with Gasteiger partial charge < -0.3 is 20.5 Å². The molecule has 1 aromatic carbocycles. The van der Waals surface area contributed by atoms with E-state index in [0.717, 1.165) is 10.7 Å². The fourth-order valence-electron chi connectivity index (χ4n) is 2.39. The predicted octanol–water partition coefficient (Wildman–Crippen LogP) is 1.95. The van der Waals surface area contributed by atoms with Gasteiger partial charge in [-0.3, -0.25) is 4.79 Å². The van der Waals surface area contributed by atoms with Crippen LogP contribution in [0.3, 0.4) is 0 Å². The van der Waals surface area contributed by atoms with Gasteiger partial charge in [-0.2, -0.15) is 4.68 Å². The maximum absolute atomic E-state index is 12.3. The van der Waals surface area contributed by atoms with E-state index in [4.69, 9.17) is 11.6 Å². The molecule has 2 rings (SSSR count). The van der Waals surface area contributed by atoms with Crippen LogP contribution in [0.4, 0.5) is 5.82 Å². The van der Waals surface area contributed by atoms with Gasteiger partial charge in [-0.15, -0.1) is 0 Å². The van der Waals surface area contributed by atoms with Crippen molar-refractivity contribution in [3.63, 3.8) is 0 Å². The third-order valence-corrected chi connectivity index (χ3v) is 3.96. The van der Waals surface area contributed by atoms with Gasteiger partial charge in [-0.05, 0) is 29.0 Å². The SMILES string of the molecule is CCC(NC(=O)Cn1ccc([N+](=O)[O-])n1)(C(=O)O)c1ccc(Cl)cc1. The molecule has 9 nitrogen and oxygen atoms in total. The van der Waals surface area contributed by atoms with Crippen LogP contribution in [-0.2, 0) is 21.7 Å². The van der Waals surface area contributed by atoms with Crippen molar-refractivity contribution in [2.45, 2.75) is 25.4 Å². The monoisotopic (exact) mass is 366 g/mol. The lowest BCUT2D eigenvalue weighted by molar-refractivity contribution is -0.389. The normalized spacial score (nSPS) is 13.0. The van der Waals surface area contributed by atoms with Gasteiger partial charge in [0.15, 0.2) is 5.54 Å². The second-order valence-corrected chi connectivity index (χ2v) is 5.68. The second-order valence-electron chi connectivity index (χ2n) is 5.25. The number of carbonyl (C=O) groups is 2. The number of carbonyl (C=O) groups excluding carboxylic acids is 1. The minimum atomic E-state index is -1.64. The molecule has 10 heteroatoms. The molecular weight excluding hydrogens is 352 g/mol. The minimum Gasteiger partial charge on any atom is -0.479 e. The second kappa shape index (κ2) is 7.31. The Hall–Kier alpha value is -2.94. The zero-order valence-corrected chi connectivity index (χ0v) is 13.9. The van der Waals surface area contributed by atoms with E-state index in [-0.39, 0.29) is 13.0 Å². The molecule has 0 saturated carbocycles. The van der Waals surface area contributed by atoms with Crippen molar-refractivity contribution in [3.05, 3.63) is 57.2 Å². The van der Waals surface area contributed by atoms with E-state index in [1.165, 1.54) is 30.5 Å². The summed E-state index contributed by atoms with van der Waals surface area (Å²) in [6.45, 7) is 1.28. The van der Waals surface area contributed by atoms with Crippen molar-refractivity contribution in [3.8, 4) is 0 Å². The van der Waals surface area contributed by atoms with Gasteiger partial charge in [0.05, 0.1) is 17.4 Å². The Kier molecular flexibility index (Phi) is 5.38. The third-order valence-electron chi connectivity index (χ3n) is 3.70. The highest BCUT2D eigenvalue weighted by Crippen LogP contribution is 2.27. The van der Waals surface area contributed by atoms with Crippen molar-refractivity contribution >= 4 is 29.3 Å². The lowest BCUT2D eigenvalue weighted by Crippen LogP contribution is -2.52. The molecule has 2 N–H and O–H groups in total. The van der Waals surface area contributed by atoms with Crippen LogP contribution in [0.25, 0.3) is 0 Å². The van der Waals surface area contributed by atoms with E-state index in [2.05, 4.69) is 10.4 Å². The van der Waals surface area contributed by atoms with Crippen LogP contribution in [0.1, 0.15) is 18.9 Å². The first-order chi connectivity index (χ1) is 11.8. The highest BCUT2D eigenvalue weighted by molar-refractivity contribution is 6.30. The van der Waals surface area contributed by atoms with Gasteiger partial charge in [0.1, 0.15) is 6.54 Å². The van der Waals surface area contributed by atoms with Crippen molar-refractivity contribution in [1.82, 2.24) is 15.1 Å². The number of benzene rings is 1. The molecule has 0 fully saturated rings. The summed E-state index contributed by atoms with van der Waals surface area (Å²) in [6.07, 6.45) is 1.36. The van der Waals surface area contributed by atoms with Gasteiger partial charge in [0, 0.05) is 5.02 Å². The van der Waals surface area contributed by atoms with E-state index in [1.54, 1.807) is 6.92 Å². The Morgan fingerprint density at radius 3 is 2.48 bits per heavy atom. The van der Waals surface area contributed by atoms with Crippen molar-refractivity contribution in [1.29, 1.82) is 0 Å². The van der Waals surface area contributed by atoms with E-state index in [0.29, 0.717) is 10.6 Å². The first-order valence-corrected chi connectivity index (χ1v) is 7.64. The molecule has 0 saturated heterocycles. The van der Waals surface area contributed by atoms with E-state index in [9.17, 15) is 24.8 Å². The third kappa shape index (κ3) is 3.94. The number of carboxylic acid groups (broad SMARTS) is 1. The molecule has 0 bridgehead atoms. The van der Waals surface area contributed by atoms with Crippen LogP contribution in [0.2, 0.25) is 5.02 Å². The molecule has 1 heterocycles. The lowest BCUT2D eigenvalue weighted by Gasteiger charge is -2.30. The molecule has 0 aliphatic carbocycles. The van der Waals surface area contributed by atoms with Crippen LogP contribution in [0.5, 0.6) is 0 Å². The highest BCUT2D eigenvalue weighted by atomic mass is 35.5. The summed E-state index contributed by atoms with van der Waals surface area (Å²) in [4.78, 5) is 34.1. The number of nitro groups is 1. The fourth-order valence-corrected chi connectivity index (χ4v) is 2.51. The predicted molar refractivity (Wildman–Crippen MR) is 88.1 cm³/mol. The Bertz CT molecular complexity index is 805. The number of amides is 1. The standard InChI is InChI=1S/C15H15ClN4O5/c1-2-15(14(22)23,10-3-5-11(16)6-4-10)17-13(21)9-19-8-7-12(18-19)20(24)25/h3-8H,2,9H2,1H3,(H,17,21)(H,22,23). The summed E-state index contributed by atoms with van der Waals surface area (Å²) in [6, 6.07) is 7.27. The summed E-state index contributed by atoms with van der Waals surface area (Å²) in [5.74, 6) is -2.26. The van der Waals surface area contributed by atoms with Crippen LogP contribution in [0.15, 0.2) is 36.5 Å². The van der Waals surface area contributed by atoms with Crippen molar-refractivity contribution < 1.29 is 19.6 Å². The zero-order chi connectivity index (χ0) is 18.6. The molecule has 25 heavy (non-hydrogen) atoms. The van der Waals surface area contributed by atoms with Crippen LogP contribution in [-0.4, -0.2) is 31.7 Å². The molecule has 1 aromatic heterocycles. The zero-order valence-electron chi connectivity index (χ0n) is 13.2. The molecule has 1 unspecified atom stereocenters. The number of nitrogens with zero attached hydrogens (tertiary/aromatic N) is 3. The van der Waals surface area contributed by atoms with Crippen molar-refractivity contribution in [2.75, 3.05) is 0 Å². The molecule has 0 aliphatic rings. The molecule has 1 atom stereocenters. The molecule has 2 aromatic rings. The number of aromatic nitrogens is 2. The van der Waals surface area contributed by atoms with E-state index in [1.807, 2.05) is 0 Å². The number of aliphatic carboxylic acids is 1. The number of rotatable bonds is 7. The van der Waals surface area contributed by atoms with Crippen LogP contribution < -0.4 is 5.32 Å². The summed E-state index contributed by atoms with van der Waals surface area (Å²) in [7, 11) is 0. The topological polar surface area (TPSA) is 127 Å². The number of halogens is 1. The van der Waals surface area contributed by atoms with E-state index < -0.39 is 28.2 Å². The smallest absolute Gasteiger partial charge is 0.389 e. The summed E-state index contributed by atoms with van der Waals surface area (Å²) >= 11 is 5.82. The molecule has 0 radical (unpaired) electrons. The summed E-state index contributed by atoms with van der Waals surface area (Å²) in [5.41, 5.74) is -1.27. The Morgan fingerprint density at radius 2 is 2.00 bits per heavy atom. The highest BCUT2D eigenvalue weighted by Gasteiger charge is 2.40. The van der Waals surface area contributed by atoms with Crippen molar-refractivity contribution in [2.24, 2.45) is 0 Å². The maximum atomic E-state index is 12.3. The minimum absolute atomic E-state index is 0.0922. The van der Waals surface area contributed by atoms with Crippen LogP contribution in [0, 0.1) is 10.1 Å². The largest absolute Gasteiger partial charge is 0.479 e. The first-order valence-electron chi connectivity index (χ1n) is 7.27. The Morgan fingerprint density at radius 1 is 1.36 bits per heavy atom. The molecular formula is C15H15ClN4O5. The number of hydrogen-bond donors (Lipinski definition) is 2. The lowest BCUT2D eigenvalue weighted by atomic mass is 9.87. The Labute approximate surface area is 147 Å². The summed E-state index contributed by atoms with van der Waals surface area (Å²) < 4.78 is 1.07. The number of nitrogens with one attached hydrogen (secondary N) is 1. The maximum Gasteiger partial charge on any atom is 0.389 e. The van der Waals surface area contributed by atoms with Gasteiger partial charge in [0.25, 0.3) is 0 Å². The Balaban J connectivity index is 2.24. The molecule has 0 spiro atoms. The quantitative estimate of drug-likeness (QED) is 0.569.